The Kier molecular flexibility index (Phi) is 4.17. The van der Waals surface area contributed by atoms with E-state index >= 15 is 0 Å². The van der Waals surface area contributed by atoms with Gasteiger partial charge in [-0.05, 0) is 25.1 Å². The summed E-state index contributed by atoms with van der Waals surface area (Å²) in [5.41, 5.74) is 2.11. The van der Waals surface area contributed by atoms with Gasteiger partial charge in [0.2, 0.25) is 0 Å². The van der Waals surface area contributed by atoms with Crippen molar-refractivity contribution in [3.8, 4) is 0 Å². The Morgan fingerprint density at radius 3 is 2.82 bits per heavy atom. The Morgan fingerprint density at radius 1 is 1.47 bits per heavy atom. The molecule has 0 aliphatic carbocycles. The number of aryl methyl sites for hydroxylation is 2. The topological polar surface area (TPSA) is 17.8 Å². The summed E-state index contributed by atoms with van der Waals surface area (Å²) in [5.74, 6) is 0.842. The summed E-state index contributed by atoms with van der Waals surface area (Å²) in [7, 11) is 1.86. The number of benzene rings is 1. The summed E-state index contributed by atoms with van der Waals surface area (Å²) < 4.78 is 2.81. The van der Waals surface area contributed by atoms with Crippen LogP contribution in [0.3, 0.4) is 0 Å². The first-order chi connectivity index (χ1) is 8.08. The van der Waals surface area contributed by atoms with Gasteiger partial charge in [0, 0.05) is 27.7 Å². The van der Waals surface area contributed by atoms with Gasteiger partial charge in [0.1, 0.15) is 5.15 Å². The molecule has 1 heterocycles. The molecule has 0 fully saturated rings. The number of halogens is 2. The molecular formula is C12H12BrClN2S. The van der Waals surface area contributed by atoms with Crippen LogP contribution in [0.5, 0.6) is 0 Å². The molecule has 0 aliphatic rings. The van der Waals surface area contributed by atoms with E-state index in [2.05, 4.69) is 33.2 Å². The van der Waals surface area contributed by atoms with Crippen LogP contribution in [0.2, 0.25) is 5.15 Å². The molecule has 0 atom stereocenters. The van der Waals surface area contributed by atoms with Crippen molar-refractivity contribution < 1.29 is 0 Å². The first-order valence-corrected chi connectivity index (χ1v) is 7.30. The lowest BCUT2D eigenvalue weighted by Gasteiger charge is -2.02. The van der Waals surface area contributed by atoms with Gasteiger partial charge in [0.05, 0.1) is 5.69 Å². The van der Waals surface area contributed by atoms with Crippen molar-refractivity contribution in [1.29, 1.82) is 0 Å². The molecule has 0 amide bonds. The van der Waals surface area contributed by atoms with E-state index in [1.807, 2.05) is 26.1 Å². The van der Waals surface area contributed by atoms with Crippen molar-refractivity contribution in [2.24, 2.45) is 7.05 Å². The molecule has 2 aromatic rings. The molecule has 0 spiro atoms. The van der Waals surface area contributed by atoms with Gasteiger partial charge in [-0.25, -0.2) is 0 Å². The second-order valence-corrected chi connectivity index (χ2v) is 6.05. The highest BCUT2D eigenvalue weighted by molar-refractivity contribution is 9.10. The molecule has 0 radical (unpaired) electrons. The predicted octanol–water partition coefficient (Wildman–Crippen LogP) is 4.44. The van der Waals surface area contributed by atoms with Crippen LogP contribution in [-0.2, 0) is 12.8 Å². The highest BCUT2D eigenvalue weighted by atomic mass is 79.9. The minimum absolute atomic E-state index is 0.727. The van der Waals surface area contributed by atoms with Crippen LogP contribution in [0, 0.1) is 6.92 Å². The largest absolute Gasteiger partial charge is 0.257 e. The van der Waals surface area contributed by atoms with Gasteiger partial charge >= 0.3 is 0 Å². The van der Waals surface area contributed by atoms with E-state index in [1.165, 1.54) is 4.90 Å². The van der Waals surface area contributed by atoms with Gasteiger partial charge in [-0.3, -0.25) is 4.68 Å². The lowest BCUT2D eigenvalue weighted by molar-refractivity contribution is 0.757. The van der Waals surface area contributed by atoms with E-state index in [9.17, 15) is 0 Å². The third kappa shape index (κ3) is 3.06. The Labute approximate surface area is 118 Å². The fraction of sp³-hybridized carbons (Fsp3) is 0.250. The molecule has 0 bridgehead atoms. The Morgan fingerprint density at radius 2 is 2.24 bits per heavy atom. The Bertz CT molecular complexity index is 539. The van der Waals surface area contributed by atoms with Crippen LogP contribution in [0.1, 0.15) is 11.3 Å². The third-order valence-electron chi connectivity index (χ3n) is 2.45. The van der Waals surface area contributed by atoms with Crippen molar-refractivity contribution in [3.63, 3.8) is 0 Å². The van der Waals surface area contributed by atoms with Crippen LogP contribution in [-0.4, -0.2) is 9.78 Å². The van der Waals surface area contributed by atoms with Crippen molar-refractivity contribution in [3.05, 3.63) is 45.1 Å². The standard InChI is InChI=1S/C12H12BrClN2S/c1-8-11(12(14)16(2)15-8)7-17-10-5-3-4-9(13)6-10/h3-6H,7H2,1-2H3. The molecule has 5 heteroatoms. The number of hydrogen-bond acceptors (Lipinski definition) is 2. The van der Waals surface area contributed by atoms with Gasteiger partial charge < -0.3 is 0 Å². The maximum atomic E-state index is 6.19. The normalized spacial score (nSPS) is 10.8. The maximum absolute atomic E-state index is 6.19. The van der Waals surface area contributed by atoms with E-state index in [-0.39, 0.29) is 0 Å². The minimum atomic E-state index is 0.727. The van der Waals surface area contributed by atoms with E-state index in [0.29, 0.717) is 0 Å². The summed E-state index contributed by atoms with van der Waals surface area (Å²) >= 11 is 11.4. The summed E-state index contributed by atoms with van der Waals surface area (Å²) in [6.07, 6.45) is 0. The molecule has 1 aromatic carbocycles. The third-order valence-corrected chi connectivity index (χ3v) is 4.44. The van der Waals surface area contributed by atoms with Gasteiger partial charge in [0.25, 0.3) is 0 Å². The van der Waals surface area contributed by atoms with Crippen molar-refractivity contribution in [2.75, 3.05) is 0 Å². The summed E-state index contributed by atoms with van der Waals surface area (Å²) in [5, 5.41) is 5.03. The van der Waals surface area contributed by atoms with Gasteiger partial charge in [-0.2, -0.15) is 5.10 Å². The molecular weight excluding hydrogens is 320 g/mol. The zero-order valence-electron chi connectivity index (χ0n) is 9.58. The number of nitrogens with zero attached hydrogens (tertiary/aromatic N) is 2. The highest BCUT2D eigenvalue weighted by Gasteiger charge is 2.11. The number of aromatic nitrogens is 2. The van der Waals surface area contributed by atoms with Crippen molar-refractivity contribution in [1.82, 2.24) is 9.78 Å². The zero-order chi connectivity index (χ0) is 12.4. The fourth-order valence-corrected chi connectivity index (χ4v) is 3.46. The molecule has 17 heavy (non-hydrogen) atoms. The fourth-order valence-electron chi connectivity index (χ4n) is 1.55. The van der Waals surface area contributed by atoms with E-state index in [0.717, 1.165) is 26.6 Å². The molecule has 2 nitrogen and oxygen atoms in total. The Hall–Kier alpha value is -0.450. The van der Waals surface area contributed by atoms with Crippen LogP contribution in [0.25, 0.3) is 0 Å². The zero-order valence-corrected chi connectivity index (χ0v) is 12.7. The molecule has 2 rings (SSSR count). The summed E-state index contributed by atoms with van der Waals surface area (Å²) in [4.78, 5) is 1.22. The van der Waals surface area contributed by atoms with Crippen molar-refractivity contribution >= 4 is 39.3 Å². The molecule has 1 aromatic heterocycles. The van der Waals surface area contributed by atoms with E-state index in [1.54, 1.807) is 16.4 Å². The SMILES string of the molecule is Cc1nn(C)c(Cl)c1CSc1cccc(Br)c1. The molecule has 0 saturated heterocycles. The quantitative estimate of drug-likeness (QED) is 0.774. The van der Waals surface area contributed by atoms with E-state index in [4.69, 9.17) is 11.6 Å². The molecule has 0 aliphatic heterocycles. The minimum Gasteiger partial charge on any atom is -0.257 e. The predicted molar refractivity (Wildman–Crippen MR) is 76.7 cm³/mol. The van der Waals surface area contributed by atoms with Crippen LogP contribution >= 0.6 is 39.3 Å². The monoisotopic (exact) mass is 330 g/mol. The van der Waals surface area contributed by atoms with E-state index < -0.39 is 0 Å². The average Bonchev–Trinajstić information content (AvgIpc) is 2.51. The van der Waals surface area contributed by atoms with Crippen LogP contribution in [0.4, 0.5) is 0 Å². The smallest absolute Gasteiger partial charge is 0.131 e. The second-order valence-electron chi connectivity index (χ2n) is 3.72. The van der Waals surface area contributed by atoms with Crippen LogP contribution < -0.4 is 0 Å². The second kappa shape index (κ2) is 5.46. The van der Waals surface area contributed by atoms with Gasteiger partial charge in [0.15, 0.2) is 0 Å². The highest BCUT2D eigenvalue weighted by Crippen LogP contribution is 2.29. The molecule has 0 unspecified atom stereocenters. The Balaban J connectivity index is 2.12. The summed E-state index contributed by atoms with van der Waals surface area (Å²) in [6.45, 7) is 1.99. The first kappa shape index (κ1) is 13.0. The average molecular weight is 332 g/mol. The lowest BCUT2D eigenvalue weighted by Crippen LogP contribution is -1.89. The van der Waals surface area contributed by atoms with Crippen molar-refractivity contribution in [2.45, 2.75) is 17.6 Å². The number of thioether (sulfide) groups is 1. The number of hydrogen-bond donors (Lipinski definition) is 0. The molecule has 0 saturated carbocycles. The van der Waals surface area contributed by atoms with Gasteiger partial charge in [-0.1, -0.05) is 33.6 Å². The van der Waals surface area contributed by atoms with Gasteiger partial charge in [-0.15, -0.1) is 11.8 Å². The summed E-state index contributed by atoms with van der Waals surface area (Å²) in [6, 6.07) is 8.25. The molecule has 90 valence electrons. The van der Waals surface area contributed by atoms with Crippen LogP contribution in [0.15, 0.2) is 33.6 Å². The maximum Gasteiger partial charge on any atom is 0.131 e. The molecule has 0 N–H and O–H groups in total. The first-order valence-electron chi connectivity index (χ1n) is 5.14. The number of rotatable bonds is 3. The lowest BCUT2D eigenvalue weighted by atomic mass is 10.3.